The van der Waals surface area contributed by atoms with Crippen molar-refractivity contribution in [1.82, 2.24) is 4.90 Å². The molecule has 1 N–H and O–H groups in total. The number of cyclic esters (lactones) is 1. The highest BCUT2D eigenvalue weighted by Gasteiger charge is 2.68. The molecule has 31 heavy (non-hydrogen) atoms. The van der Waals surface area contributed by atoms with Gasteiger partial charge in [-0.15, -0.1) is 0 Å². The zero-order valence-electron chi connectivity index (χ0n) is 18.7. The number of amides is 1. The van der Waals surface area contributed by atoms with E-state index in [1.54, 1.807) is 18.9 Å². The summed E-state index contributed by atoms with van der Waals surface area (Å²) >= 11 is 0. The summed E-state index contributed by atoms with van der Waals surface area (Å²) in [5.41, 5.74) is -1.44. The van der Waals surface area contributed by atoms with Crippen LogP contribution in [0.3, 0.4) is 0 Å². The van der Waals surface area contributed by atoms with Crippen molar-refractivity contribution in [2.45, 2.75) is 76.7 Å². The molecule has 0 aromatic carbocycles. The van der Waals surface area contributed by atoms with Crippen LogP contribution in [0.2, 0.25) is 0 Å². The molecule has 0 saturated carbocycles. The molecule has 3 saturated heterocycles. The van der Waals surface area contributed by atoms with E-state index in [4.69, 9.17) is 14.2 Å². The molecule has 4 rings (SSSR count). The Hall–Kier alpha value is -2.09. The molecular weight excluding hydrogens is 402 g/mol. The number of carbonyl (C=O) groups is 3. The van der Waals surface area contributed by atoms with Gasteiger partial charge in [-0.2, -0.15) is 0 Å². The molecule has 4 aliphatic heterocycles. The maximum Gasteiger partial charge on any atom is 0.310 e. The number of hydrogen-bond donors (Lipinski definition) is 1. The molecule has 4 aliphatic rings. The molecule has 1 amide bonds. The third kappa shape index (κ3) is 3.34. The van der Waals surface area contributed by atoms with Gasteiger partial charge in [-0.05, 0) is 31.8 Å². The van der Waals surface area contributed by atoms with Crippen LogP contribution in [0.1, 0.15) is 52.9 Å². The number of methoxy groups -OCH3 is 1. The summed E-state index contributed by atoms with van der Waals surface area (Å²) in [6.07, 6.45) is 3.33. The average Bonchev–Trinajstić information content (AvgIpc) is 3.29. The van der Waals surface area contributed by atoms with E-state index in [0.29, 0.717) is 38.0 Å². The van der Waals surface area contributed by atoms with Crippen LogP contribution >= 0.6 is 0 Å². The minimum Gasteiger partial charge on any atom is -0.501 e. The zero-order chi connectivity index (χ0) is 22.5. The summed E-state index contributed by atoms with van der Waals surface area (Å²) in [5.74, 6) is -2.20. The van der Waals surface area contributed by atoms with Crippen LogP contribution in [0.5, 0.6) is 0 Å². The molecule has 1 spiro atoms. The van der Waals surface area contributed by atoms with Crippen molar-refractivity contribution in [3.8, 4) is 0 Å². The summed E-state index contributed by atoms with van der Waals surface area (Å²) in [6, 6.07) is -0.362. The van der Waals surface area contributed by atoms with Crippen LogP contribution in [-0.2, 0) is 28.6 Å². The fraction of sp³-hybridized carbons (Fsp3) is 0.783. The smallest absolute Gasteiger partial charge is 0.310 e. The van der Waals surface area contributed by atoms with Crippen LogP contribution in [0, 0.1) is 23.7 Å². The van der Waals surface area contributed by atoms with Crippen molar-refractivity contribution in [1.29, 1.82) is 0 Å². The third-order valence-corrected chi connectivity index (χ3v) is 7.72. The van der Waals surface area contributed by atoms with Gasteiger partial charge >= 0.3 is 11.9 Å². The first-order valence-corrected chi connectivity index (χ1v) is 11.4. The molecular formula is C23H33NO7. The van der Waals surface area contributed by atoms with Crippen molar-refractivity contribution in [3.05, 3.63) is 11.8 Å². The van der Waals surface area contributed by atoms with E-state index in [0.717, 1.165) is 0 Å². The Kier molecular flexibility index (Phi) is 5.79. The Morgan fingerprint density at radius 3 is 2.61 bits per heavy atom. The van der Waals surface area contributed by atoms with Crippen LogP contribution in [-0.4, -0.2) is 65.4 Å². The van der Waals surface area contributed by atoms with Crippen LogP contribution < -0.4 is 0 Å². The quantitative estimate of drug-likeness (QED) is 0.675. The number of aliphatic hydroxyl groups is 1. The minimum absolute atomic E-state index is 0.222. The van der Waals surface area contributed by atoms with Gasteiger partial charge < -0.3 is 24.2 Å². The van der Waals surface area contributed by atoms with Gasteiger partial charge in [-0.1, -0.05) is 20.8 Å². The number of hydrogen-bond acceptors (Lipinski definition) is 7. The van der Waals surface area contributed by atoms with Crippen molar-refractivity contribution in [2.24, 2.45) is 23.7 Å². The lowest BCUT2D eigenvalue weighted by atomic mass is 9.71. The first-order valence-electron chi connectivity index (χ1n) is 11.4. The molecule has 0 aromatic rings. The van der Waals surface area contributed by atoms with E-state index < -0.39 is 35.6 Å². The van der Waals surface area contributed by atoms with Crippen LogP contribution in [0.15, 0.2) is 11.8 Å². The third-order valence-electron chi connectivity index (χ3n) is 7.72. The van der Waals surface area contributed by atoms with E-state index in [1.165, 1.54) is 0 Å². The molecule has 0 aliphatic carbocycles. The van der Waals surface area contributed by atoms with Crippen molar-refractivity contribution >= 4 is 17.8 Å². The molecule has 0 aromatic heterocycles. The number of nitrogens with zero attached hydrogens (tertiary/aromatic N) is 1. The summed E-state index contributed by atoms with van der Waals surface area (Å²) in [6.45, 7) is 5.97. The molecule has 4 heterocycles. The van der Waals surface area contributed by atoms with Gasteiger partial charge in [-0.3, -0.25) is 14.4 Å². The number of allylic oxidation sites excluding steroid dienone is 1. The highest BCUT2D eigenvalue weighted by molar-refractivity contribution is 5.94. The molecule has 8 nitrogen and oxygen atoms in total. The molecule has 0 radical (unpaired) electrons. The molecule has 3 fully saturated rings. The van der Waals surface area contributed by atoms with Gasteiger partial charge in [0.25, 0.3) is 5.91 Å². The lowest BCUT2D eigenvalue weighted by Gasteiger charge is -2.35. The van der Waals surface area contributed by atoms with Gasteiger partial charge in [0.2, 0.25) is 0 Å². The summed E-state index contributed by atoms with van der Waals surface area (Å²) < 4.78 is 17.0. The van der Waals surface area contributed by atoms with Crippen LogP contribution in [0.4, 0.5) is 0 Å². The maximum absolute atomic E-state index is 13.8. The average molecular weight is 436 g/mol. The first-order chi connectivity index (χ1) is 14.7. The van der Waals surface area contributed by atoms with Gasteiger partial charge in [0.1, 0.15) is 6.10 Å². The van der Waals surface area contributed by atoms with Crippen molar-refractivity contribution in [3.63, 3.8) is 0 Å². The number of carbonyl (C=O) groups excluding carboxylic acids is 3. The second-order valence-electron chi connectivity index (χ2n) is 9.47. The van der Waals surface area contributed by atoms with Gasteiger partial charge in [0.15, 0.2) is 5.60 Å². The monoisotopic (exact) mass is 435 g/mol. The second-order valence-corrected chi connectivity index (χ2v) is 9.47. The SMILES string of the molecule is CC[C@H]1/C(OC)=C\CCCN2C(=O)[C@]3(C[C@@H]2[C@H]2C[C@@H](C)C(=O)O2)OC(=O)[C@H](C)[C@@H]3[C@@H]1O. The Balaban J connectivity index is 1.78. The van der Waals surface area contributed by atoms with E-state index in [9.17, 15) is 19.5 Å². The second kappa shape index (κ2) is 8.11. The van der Waals surface area contributed by atoms with Gasteiger partial charge in [0, 0.05) is 24.8 Å². The standard InChI is InChI=1S/C23H33NO7/c1-5-14-16(29-4)8-6-7-9-24-15(17-10-12(2)20(26)30-17)11-23(22(24)28)18(19(14)25)13(3)21(27)31-23/h8,12-15,17-19,25H,5-7,9-11H2,1-4H3/b16-8+/t12-,13-,14+,15-,17-,18-,19-,23-/m1/s1. The Morgan fingerprint density at radius 1 is 1.26 bits per heavy atom. The van der Waals surface area contributed by atoms with E-state index in [2.05, 4.69) is 0 Å². The van der Waals surface area contributed by atoms with Crippen molar-refractivity contribution < 1.29 is 33.7 Å². The number of ether oxygens (including phenoxy) is 3. The lowest BCUT2D eigenvalue weighted by molar-refractivity contribution is -0.163. The van der Waals surface area contributed by atoms with Crippen molar-refractivity contribution in [2.75, 3.05) is 13.7 Å². The molecule has 172 valence electrons. The predicted octanol–water partition coefficient (Wildman–Crippen LogP) is 1.80. The van der Waals surface area contributed by atoms with E-state index >= 15 is 0 Å². The highest BCUT2D eigenvalue weighted by atomic mass is 16.6. The highest BCUT2D eigenvalue weighted by Crippen LogP contribution is 2.51. The Labute approximate surface area is 182 Å². The topological polar surface area (TPSA) is 102 Å². The Bertz CT molecular complexity index is 795. The first kappa shape index (κ1) is 22.1. The summed E-state index contributed by atoms with van der Waals surface area (Å²) in [5, 5.41) is 11.5. The van der Waals surface area contributed by atoms with Gasteiger partial charge in [-0.25, -0.2) is 0 Å². The van der Waals surface area contributed by atoms with Gasteiger partial charge in [0.05, 0.1) is 36.9 Å². The molecule has 8 heteroatoms. The van der Waals surface area contributed by atoms with E-state index in [1.807, 2.05) is 19.9 Å². The lowest BCUT2D eigenvalue weighted by Crippen LogP contribution is -2.51. The summed E-state index contributed by atoms with van der Waals surface area (Å²) in [4.78, 5) is 40.3. The number of fused-ring (bicyclic) bond motifs is 1. The predicted molar refractivity (Wildman–Crippen MR) is 109 cm³/mol. The minimum atomic E-state index is -1.44. The molecule has 0 unspecified atom stereocenters. The largest absolute Gasteiger partial charge is 0.501 e. The molecule has 8 atom stereocenters. The van der Waals surface area contributed by atoms with Crippen LogP contribution in [0.25, 0.3) is 0 Å². The fourth-order valence-electron chi connectivity index (χ4n) is 6.07. The molecule has 2 bridgehead atoms. The Morgan fingerprint density at radius 2 is 2.00 bits per heavy atom. The maximum atomic E-state index is 13.8. The summed E-state index contributed by atoms with van der Waals surface area (Å²) in [7, 11) is 1.59. The zero-order valence-corrected chi connectivity index (χ0v) is 18.7. The number of rotatable bonds is 3. The number of esters is 2. The number of aliphatic hydroxyl groups excluding tert-OH is 1. The normalized spacial score (nSPS) is 44.8. The van der Waals surface area contributed by atoms with E-state index in [-0.39, 0.29) is 36.2 Å². The fourth-order valence-corrected chi connectivity index (χ4v) is 6.07.